The maximum atomic E-state index is 12.9. The summed E-state index contributed by atoms with van der Waals surface area (Å²) < 4.78 is 1.39. The van der Waals surface area contributed by atoms with E-state index in [1.807, 2.05) is 26.8 Å². The SMILES string of the molecule is CC1CCN(C(=O)c2cn(CC(=O)C(C)(C)C)nn2)c2c(O)cccc21. The Balaban J connectivity index is 1.86. The number of aromatic nitrogens is 3. The van der Waals surface area contributed by atoms with Crippen LogP contribution in [0.2, 0.25) is 0 Å². The Hall–Kier alpha value is -2.70. The van der Waals surface area contributed by atoms with Crippen LogP contribution in [0.25, 0.3) is 0 Å². The van der Waals surface area contributed by atoms with Crippen LogP contribution in [-0.4, -0.2) is 38.3 Å². The van der Waals surface area contributed by atoms with Gasteiger partial charge in [-0.1, -0.05) is 45.0 Å². The van der Waals surface area contributed by atoms with Crippen molar-refractivity contribution in [1.82, 2.24) is 15.0 Å². The fourth-order valence-electron chi connectivity index (χ4n) is 3.03. The van der Waals surface area contributed by atoms with E-state index in [2.05, 4.69) is 17.2 Å². The summed E-state index contributed by atoms with van der Waals surface area (Å²) in [4.78, 5) is 26.6. The molecule has 138 valence electrons. The number of para-hydroxylation sites is 1. The summed E-state index contributed by atoms with van der Waals surface area (Å²) in [5.41, 5.74) is 1.16. The third kappa shape index (κ3) is 3.34. The molecule has 26 heavy (non-hydrogen) atoms. The fourth-order valence-corrected chi connectivity index (χ4v) is 3.03. The van der Waals surface area contributed by atoms with Crippen LogP contribution in [0.5, 0.6) is 5.75 Å². The molecule has 1 aliphatic rings. The topological polar surface area (TPSA) is 88.3 Å². The number of fused-ring (bicyclic) bond motifs is 1. The van der Waals surface area contributed by atoms with Gasteiger partial charge in [0.05, 0.1) is 11.9 Å². The number of ketones is 1. The first-order valence-electron chi connectivity index (χ1n) is 8.75. The van der Waals surface area contributed by atoms with Gasteiger partial charge in [0.25, 0.3) is 5.91 Å². The first kappa shape index (κ1) is 18.1. The molecule has 0 fully saturated rings. The highest BCUT2D eigenvalue weighted by Crippen LogP contribution is 2.41. The second kappa shape index (κ2) is 6.55. The van der Waals surface area contributed by atoms with E-state index in [4.69, 9.17) is 0 Å². The first-order valence-corrected chi connectivity index (χ1v) is 8.75. The van der Waals surface area contributed by atoms with Gasteiger partial charge in [-0.25, -0.2) is 4.68 Å². The van der Waals surface area contributed by atoms with Crippen molar-refractivity contribution in [3.8, 4) is 5.75 Å². The van der Waals surface area contributed by atoms with Crippen molar-refractivity contribution in [2.45, 2.75) is 46.6 Å². The highest BCUT2D eigenvalue weighted by Gasteiger charge is 2.31. The number of Topliss-reactive ketones (excluding diaryl/α,β-unsaturated/α-hetero) is 1. The molecule has 0 saturated heterocycles. The number of hydrogen-bond acceptors (Lipinski definition) is 5. The number of carbonyl (C=O) groups excluding carboxylic acids is 2. The van der Waals surface area contributed by atoms with Crippen LogP contribution < -0.4 is 4.90 Å². The zero-order valence-electron chi connectivity index (χ0n) is 15.6. The first-order chi connectivity index (χ1) is 12.2. The molecule has 7 heteroatoms. The molecule has 1 aromatic heterocycles. The number of rotatable bonds is 3. The third-order valence-corrected chi connectivity index (χ3v) is 4.78. The molecular weight excluding hydrogens is 332 g/mol. The Morgan fingerprint density at radius 1 is 1.31 bits per heavy atom. The number of phenols is 1. The number of benzene rings is 1. The summed E-state index contributed by atoms with van der Waals surface area (Å²) in [5.74, 6) is 0.0317. The third-order valence-electron chi connectivity index (χ3n) is 4.78. The average Bonchev–Trinajstić information content (AvgIpc) is 3.03. The monoisotopic (exact) mass is 356 g/mol. The van der Waals surface area contributed by atoms with Gasteiger partial charge in [-0.15, -0.1) is 5.10 Å². The van der Waals surface area contributed by atoms with Crippen LogP contribution >= 0.6 is 0 Å². The smallest absolute Gasteiger partial charge is 0.280 e. The van der Waals surface area contributed by atoms with E-state index in [-0.39, 0.29) is 35.6 Å². The Morgan fingerprint density at radius 2 is 2.04 bits per heavy atom. The van der Waals surface area contributed by atoms with Crippen molar-refractivity contribution in [3.63, 3.8) is 0 Å². The summed E-state index contributed by atoms with van der Waals surface area (Å²) in [6.07, 6.45) is 2.29. The number of phenolic OH excluding ortho intramolecular Hbond substituents is 1. The second-order valence-electron chi connectivity index (χ2n) is 7.84. The molecular formula is C19H24N4O3. The molecule has 1 amide bonds. The number of hydrogen-bond donors (Lipinski definition) is 1. The van der Waals surface area contributed by atoms with Gasteiger partial charge in [0.15, 0.2) is 11.5 Å². The number of aromatic hydroxyl groups is 1. The highest BCUT2D eigenvalue weighted by molar-refractivity contribution is 6.06. The molecule has 0 spiro atoms. The summed E-state index contributed by atoms with van der Waals surface area (Å²) in [7, 11) is 0. The minimum atomic E-state index is -0.482. The van der Waals surface area contributed by atoms with Gasteiger partial charge < -0.3 is 10.0 Å². The Labute approximate surface area is 152 Å². The van der Waals surface area contributed by atoms with Crippen molar-refractivity contribution < 1.29 is 14.7 Å². The summed E-state index contributed by atoms with van der Waals surface area (Å²) >= 11 is 0. The molecule has 1 unspecified atom stereocenters. The van der Waals surface area contributed by atoms with Gasteiger partial charge in [-0.05, 0) is 24.0 Å². The van der Waals surface area contributed by atoms with Crippen molar-refractivity contribution in [2.24, 2.45) is 5.41 Å². The van der Waals surface area contributed by atoms with Crippen LogP contribution in [-0.2, 0) is 11.3 Å². The van der Waals surface area contributed by atoms with Crippen LogP contribution in [0.3, 0.4) is 0 Å². The number of carbonyl (C=O) groups is 2. The second-order valence-corrected chi connectivity index (χ2v) is 7.84. The zero-order valence-corrected chi connectivity index (χ0v) is 15.6. The van der Waals surface area contributed by atoms with Crippen molar-refractivity contribution >= 4 is 17.4 Å². The minimum absolute atomic E-state index is 0.0104. The van der Waals surface area contributed by atoms with Gasteiger partial charge in [-0.3, -0.25) is 9.59 Å². The quantitative estimate of drug-likeness (QED) is 0.913. The highest BCUT2D eigenvalue weighted by atomic mass is 16.3. The van der Waals surface area contributed by atoms with Crippen LogP contribution in [0.15, 0.2) is 24.4 Å². The van der Waals surface area contributed by atoms with E-state index in [1.54, 1.807) is 17.0 Å². The van der Waals surface area contributed by atoms with E-state index < -0.39 is 5.41 Å². The molecule has 3 rings (SSSR count). The molecule has 0 saturated carbocycles. The van der Waals surface area contributed by atoms with Crippen molar-refractivity contribution in [2.75, 3.05) is 11.4 Å². The molecule has 0 aliphatic carbocycles. The lowest BCUT2D eigenvalue weighted by Crippen LogP contribution is -2.36. The van der Waals surface area contributed by atoms with Crippen LogP contribution in [0.1, 0.15) is 56.1 Å². The number of nitrogens with zero attached hydrogens (tertiary/aromatic N) is 4. The largest absolute Gasteiger partial charge is 0.506 e. The lowest BCUT2D eigenvalue weighted by atomic mass is 9.91. The average molecular weight is 356 g/mol. The molecule has 7 nitrogen and oxygen atoms in total. The molecule has 0 radical (unpaired) electrons. The zero-order chi connectivity index (χ0) is 19.1. The molecule has 1 aromatic carbocycles. The van der Waals surface area contributed by atoms with Gasteiger partial charge >= 0.3 is 0 Å². The normalized spacial score (nSPS) is 17.1. The van der Waals surface area contributed by atoms with E-state index in [1.165, 1.54) is 10.9 Å². The summed E-state index contributed by atoms with van der Waals surface area (Å²) in [5, 5.41) is 18.1. The van der Waals surface area contributed by atoms with Gasteiger partial charge in [0, 0.05) is 12.0 Å². The van der Waals surface area contributed by atoms with E-state index >= 15 is 0 Å². The molecule has 1 N–H and O–H groups in total. The maximum Gasteiger partial charge on any atom is 0.280 e. The standard InChI is InChI=1S/C19H24N4O3/c1-12-8-9-23(17-13(12)6-5-7-15(17)24)18(26)14-10-22(21-20-14)11-16(25)19(2,3)4/h5-7,10,12,24H,8-9,11H2,1-4H3. The van der Waals surface area contributed by atoms with E-state index in [0.717, 1.165) is 12.0 Å². The molecule has 0 bridgehead atoms. The molecule has 2 aromatic rings. The number of anilines is 1. The Morgan fingerprint density at radius 3 is 2.73 bits per heavy atom. The fraction of sp³-hybridized carbons (Fsp3) is 0.474. The lowest BCUT2D eigenvalue weighted by molar-refractivity contribution is -0.127. The molecule has 1 aliphatic heterocycles. The molecule has 2 heterocycles. The summed E-state index contributed by atoms with van der Waals surface area (Å²) in [6, 6.07) is 5.29. The van der Waals surface area contributed by atoms with Crippen molar-refractivity contribution in [1.29, 1.82) is 0 Å². The predicted octanol–water partition coefficient (Wildman–Crippen LogP) is 2.75. The van der Waals surface area contributed by atoms with Gasteiger partial charge in [-0.2, -0.15) is 0 Å². The predicted molar refractivity (Wildman–Crippen MR) is 97.3 cm³/mol. The van der Waals surface area contributed by atoms with Crippen LogP contribution in [0, 0.1) is 5.41 Å². The van der Waals surface area contributed by atoms with E-state index in [9.17, 15) is 14.7 Å². The Bertz CT molecular complexity index is 851. The van der Waals surface area contributed by atoms with E-state index in [0.29, 0.717) is 12.2 Å². The van der Waals surface area contributed by atoms with Crippen molar-refractivity contribution in [3.05, 3.63) is 35.7 Å². The maximum absolute atomic E-state index is 12.9. The molecule has 1 atom stereocenters. The van der Waals surface area contributed by atoms with Gasteiger partial charge in [0.2, 0.25) is 0 Å². The minimum Gasteiger partial charge on any atom is -0.506 e. The number of amides is 1. The van der Waals surface area contributed by atoms with Crippen LogP contribution in [0.4, 0.5) is 5.69 Å². The Kier molecular flexibility index (Phi) is 4.56. The summed E-state index contributed by atoms with van der Waals surface area (Å²) in [6.45, 7) is 8.17. The van der Waals surface area contributed by atoms with Gasteiger partial charge in [0.1, 0.15) is 12.3 Å². The lowest BCUT2D eigenvalue weighted by Gasteiger charge is -2.32.